The molecule has 2 heterocycles. The predicted molar refractivity (Wildman–Crippen MR) is 109 cm³/mol. The van der Waals surface area contributed by atoms with Crippen LogP contribution in [0.4, 0.5) is 11.5 Å². The Kier molecular flexibility index (Phi) is 5.72. The van der Waals surface area contributed by atoms with Crippen LogP contribution in [0.25, 0.3) is 0 Å². The zero-order valence-corrected chi connectivity index (χ0v) is 16.2. The average Bonchev–Trinajstić information content (AvgIpc) is 2.74. The molecule has 2 aliphatic rings. The molecule has 6 heteroatoms. The van der Waals surface area contributed by atoms with Crippen molar-refractivity contribution in [2.24, 2.45) is 0 Å². The second-order valence-electron chi connectivity index (χ2n) is 7.28. The Morgan fingerprint density at radius 2 is 1.85 bits per heavy atom. The number of nitrogens with one attached hydrogen (secondary N) is 1. The topological polar surface area (TPSA) is 53.5 Å². The van der Waals surface area contributed by atoms with Gasteiger partial charge in [0.2, 0.25) is 0 Å². The number of anilines is 2. The molecule has 4 rings (SSSR count). The lowest BCUT2D eigenvalue weighted by Crippen LogP contribution is -2.47. The van der Waals surface area contributed by atoms with Crippen molar-refractivity contribution in [3.8, 4) is 5.75 Å². The van der Waals surface area contributed by atoms with Gasteiger partial charge >= 0.3 is 0 Å². The minimum absolute atomic E-state index is 0.929. The van der Waals surface area contributed by atoms with E-state index in [-0.39, 0.29) is 0 Å². The number of benzene rings is 1. The molecule has 0 spiro atoms. The number of para-hydroxylation sites is 2. The van der Waals surface area contributed by atoms with Crippen LogP contribution in [0.3, 0.4) is 0 Å². The van der Waals surface area contributed by atoms with E-state index < -0.39 is 0 Å². The van der Waals surface area contributed by atoms with Crippen LogP contribution in [0.1, 0.15) is 24.1 Å². The Hall–Kier alpha value is -2.34. The second-order valence-corrected chi connectivity index (χ2v) is 7.28. The monoisotopic (exact) mass is 367 g/mol. The predicted octanol–water partition coefficient (Wildman–Crippen LogP) is 2.60. The van der Waals surface area contributed by atoms with Gasteiger partial charge in [-0.3, -0.25) is 4.90 Å². The number of piperazine rings is 1. The third-order valence-corrected chi connectivity index (χ3v) is 5.64. The van der Waals surface area contributed by atoms with Gasteiger partial charge in [-0.25, -0.2) is 9.97 Å². The summed E-state index contributed by atoms with van der Waals surface area (Å²) in [5, 5.41) is 3.55. The fourth-order valence-corrected chi connectivity index (χ4v) is 4.11. The lowest BCUT2D eigenvalue weighted by atomic mass is 9.96. The number of fused-ring (bicyclic) bond motifs is 1. The van der Waals surface area contributed by atoms with Gasteiger partial charge in [-0.2, -0.15) is 0 Å². The maximum absolute atomic E-state index is 5.51. The highest BCUT2D eigenvalue weighted by Gasteiger charge is 2.20. The molecule has 0 bridgehead atoms. The number of ether oxygens (including phenoxy) is 1. The maximum atomic E-state index is 5.51. The van der Waals surface area contributed by atoms with E-state index in [1.807, 2.05) is 12.1 Å². The van der Waals surface area contributed by atoms with Gasteiger partial charge in [0.15, 0.2) is 0 Å². The summed E-state index contributed by atoms with van der Waals surface area (Å²) in [5.74, 6) is 2.01. The van der Waals surface area contributed by atoms with E-state index in [1.165, 1.54) is 29.8 Å². The maximum Gasteiger partial charge on any atom is 0.142 e. The Balaban J connectivity index is 1.27. The average molecular weight is 367 g/mol. The first-order chi connectivity index (χ1) is 13.3. The highest BCUT2D eigenvalue weighted by molar-refractivity contribution is 5.58. The van der Waals surface area contributed by atoms with Crippen molar-refractivity contribution in [3.63, 3.8) is 0 Å². The number of nitrogens with zero attached hydrogens (tertiary/aromatic N) is 4. The zero-order valence-electron chi connectivity index (χ0n) is 16.2. The molecule has 1 aromatic carbocycles. The van der Waals surface area contributed by atoms with Gasteiger partial charge in [0, 0.05) is 50.5 Å². The Morgan fingerprint density at radius 1 is 1.04 bits per heavy atom. The summed E-state index contributed by atoms with van der Waals surface area (Å²) in [4.78, 5) is 13.9. The summed E-state index contributed by atoms with van der Waals surface area (Å²) in [6, 6.07) is 8.29. The molecule has 6 nitrogen and oxygen atoms in total. The number of rotatable bonds is 6. The first kappa shape index (κ1) is 18.0. The minimum Gasteiger partial charge on any atom is -0.495 e. The summed E-state index contributed by atoms with van der Waals surface area (Å²) in [5.41, 5.74) is 3.78. The van der Waals surface area contributed by atoms with Gasteiger partial charge in [0.05, 0.1) is 12.8 Å². The molecule has 1 N–H and O–H groups in total. The van der Waals surface area contributed by atoms with Crippen LogP contribution in [0.2, 0.25) is 0 Å². The molecule has 1 aliphatic heterocycles. The van der Waals surface area contributed by atoms with Crippen LogP contribution in [0.15, 0.2) is 30.6 Å². The van der Waals surface area contributed by atoms with Gasteiger partial charge in [0.25, 0.3) is 0 Å². The fraction of sp³-hybridized carbons (Fsp3) is 0.524. The number of methoxy groups -OCH3 is 1. The summed E-state index contributed by atoms with van der Waals surface area (Å²) >= 11 is 0. The Morgan fingerprint density at radius 3 is 2.70 bits per heavy atom. The standard InChI is InChI=1S/C21H29N5O/c1-27-20-9-5-4-8-19(20)26-14-12-25(13-15-26)11-10-22-21-17-6-2-3-7-18(17)23-16-24-21/h4-5,8-9,16H,2-3,6-7,10-15H2,1H3,(H,22,23,24). The Bertz CT molecular complexity index is 758. The number of hydrogen-bond donors (Lipinski definition) is 1. The van der Waals surface area contributed by atoms with Crippen LogP contribution >= 0.6 is 0 Å². The number of hydrogen-bond acceptors (Lipinski definition) is 6. The largest absolute Gasteiger partial charge is 0.495 e. The SMILES string of the molecule is COc1ccccc1N1CCN(CCNc2ncnc3c2CCCC3)CC1. The molecule has 0 unspecified atom stereocenters. The van der Waals surface area contributed by atoms with E-state index in [1.54, 1.807) is 13.4 Å². The van der Waals surface area contributed by atoms with E-state index in [9.17, 15) is 0 Å². The first-order valence-electron chi connectivity index (χ1n) is 10.0. The third kappa shape index (κ3) is 4.16. The van der Waals surface area contributed by atoms with Gasteiger partial charge in [-0.05, 0) is 37.8 Å². The van der Waals surface area contributed by atoms with E-state index in [4.69, 9.17) is 4.74 Å². The molecule has 27 heavy (non-hydrogen) atoms. The molecule has 2 aromatic rings. The van der Waals surface area contributed by atoms with Crippen molar-refractivity contribution in [2.75, 3.05) is 56.6 Å². The molecular formula is C21H29N5O. The summed E-state index contributed by atoms with van der Waals surface area (Å²) in [7, 11) is 1.74. The van der Waals surface area contributed by atoms with Gasteiger partial charge < -0.3 is 15.0 Å². The van der Waals surface area contributed by atoms with Crippen molar-refractivity contribution in [1.82, 2.24) is 14.9 Å². The summed E-state index contributed by atoms with van der Waals surface area (Å²) in [6.07, 6.45) is 6.41. The fourth-order valence-electron chi connectivity index (χ4n) is 4.11. The minimum atomic E-state index is 0.929. The van der Waals surface area contributed by atoms with Gasteiger partial charge in [-0.1, -0.05) is 12.1 Å². The lowest BCUT2D eigenvalue weighted by Gasteiger charge is -2.36. The van der Waals surface area contributed by atoms with Crippen molar-refractivity contribution in [1.29, 1.82) is 0 Å². The van der Waals surface area contributed by atoms with Gasteiger partial charge in [-0.15, -0.1) is 0 Å². The molecule has 0 saturated carbocycles. The Labute approximate surface area is 161 Å². The molecule has 0 amide bonds. The molecule has 1 aliphatic carbocycles. The van der Waals surface area contributed by atoms with Crippen molar-refractivity contribution >= 4 is 11.5 Å². The van der Waals surface area contributed by atoms with Crippen LogP contribution in [0.5, 0.6) is 5.75 Å². The second kappa shape index (κ2) is 8.57. The van der Waals surface area contributed by atoms with E-state index >= 15 is 0 Å². The zero-order chi connectivity index (χ0) is 18.5. The number of aryl methyl sites for hydroxylation is 1. The van der Waals surface area contributed by atoms with Gasteiger partial charge in [0.1, 0.15) is 17.9 Å². The molecule has 0 radical (unpaired) electrons. The summed E-state index contributed by atoms with van der Waals surface area (Å²) in [6.45, 7) is 6.17. The van der Waals surface area contributed by atoms with E-state index in [2.05, 4.69) is 37.2 Å². The van der Waals surface area contributed by atoms with Crippen LogP contribution in [0, 0.1) is 0 Å². The lowest BCUT2D eigenvalue weighted by molar-refractivity contribution is 0.266. The number of aromatic nitrogens is 2. The molecule has 144 valence electrons. The first-order valence-corrected chi connectivity index (χ1v) is 10.0. The quantitative estimate of drug-likeness (QED) is 0.847. The van der Waals surface area contributed by atoms with Crippen molar-refractivity contribution in [2.45, 2.75) is 25.7 Å². The molecule has 1 saturated heterocycles. The molecule has 1 fully saturated rings. The highest BCUT2D eigenvalue weighted by atomic mass is 16.5. The summed E-state index contributed by atoms with van der Waals surface area (Å²) < 4.78 is 5.51. The smallest absolute Gasteiger partial charge is 0.142 e. The van der Waals surface area contributed by atoms with Crippen molar-refractivity contribution < 1.29 is 4.74 Å². The van der Waals surface area contributed by atoms with Crippen LogP contribution < -0.4 is 15.0 Å². The molecule has 0 atom stereocenters. The van der Waals surface area contributed by atoms with Crippen LogP contribution in [-0.4, -0.2) is 61.2 Å². The molecular weight excluding hydrogens is 338 g/mol. The highest BCUT2D eigenvalue weighted by Crippen LogP contribution is 2.28. The van der Waals surface area contributed by atoms with Crippen molar-refractivity contribution in [3.05, 3.63) is 41.9 Å². The van der Waals surface area contributed by atoms with E-state index in [0.717, 1.165) is 63.7 Å². The van der Waals surface area contributed by atoms with Crippen LogP contribution in [-0.2, 0) is 12.8 Å². The third-order valence-electron chi connectivity index (χ3n) is 5.64. The molecule has 1 aromatic heterocycles. The normalized spacial score (nSPS) is 17.4. The van der Waals surface area contributed by atoms with E-state index in [0.29, 0.717) is 0 Å².